The fourth-order valence-corrected chi connectivity index (χ4v) is 4.45. The Morgan fingerprint density at radius 3 is 2.10 bits per heavy atom. The lowest BCUT2D eigenvalue weighted by molar-refractivity contribution is -0.164. The molecule has 0 saturated carbocycles. The topological polar surface area (TPSA) is 95.0 Å². The Labute approximate surface area is 233 Å². The van der Waals surface area contributed by atoms with Crippen molar-refractivity contribution in [2.45, 2.75) is 58.8 Å². The number of carbonyl (C=O) groups is 2. The summed E-state index contributed by atoms with van der Waals surface area (Å²) in [7, 11) is 1.36. The number of ketones is 1. The largest absolute Gasteiger partial charge is 0.503 e. The molecule has 0 radical (unpaired) electrons. The first kappa shape index (κ1) is 30.7. The van der Waals surface area contributed by atoms with Crippen molar-refractivity contribution in [1.82, 2.24) is 4.98 Å². The van der Waals surface area contributed by atoms with E-state index in [0.29, 0.717) is 6.42 Å². The Bertz CT molecular complexity index is 1290. The molecule has 214 valence electrons. The molecule has 0 aliphatic carbocycles. The SMILES string of the molecule is COc1ccnc(C(=O)C[C@@H](C)C(=O)O[C@@H](C)[C@H](Cc2ccc(F)cc2)C(C)(C)OCc2ccc(F)cc2)c1O. The first-order valence-corrected chi connectivity index (χ1v) is 13.0. The summed E-state index contributed by atoms with van der Waals surface area (Å²) in [5.74, 6) is -3.30. The minimum atomic E-state index is -0.822. The fourth-order valence-electron chi connectivity index (χ4n) is 4.45. The summed E-state index contributed by atoms with van der Waals surface area (Å²) in [6.07, 6.45) is 0.874. The van der Waals surface area contributed by atoms with E-state index in [1.54, 1.807) is 38.1 Å². The van der Waals surface area contributed by atoms with Gasteiger partial charge in [-0.1, -0.05) is 31.2 Å². The molecule has 3 rings (SSSR count). The highest BCUT2D eigenvalue weighted by Gasteiger charge is 2.37. The van der Waals surface area contributed by atoms with E-state index < -0.39 is 29.4 Å². The molecule has 1 aromatic heterocycles. The molecule has 2 aromatic carbocycles. The molecular weight excluding hydrogens is 520 g/mol. The Morgan fingerprint density at radius 2 is 1.52 bits per heavy atom. The highest BCUT2D eigenvalue weighted by molar-refractivity contribution is 5.99. The van der Waals surface area contributed by atoms with E-state index in [1.807, 2.05) is 13.8 Å². The number of esters is 1. The molecule has 3 atom stereocenters. The number of halogens is 2. The molecule has 0 spiro atoms. The van der Waals surface area contributed by atoms with E-state index in [-0.39, 0.29) is 47.8 Å². The highest BCUT2D eigenvalue weighted by Crippen LogP contribution is 2.32. The summed E-state index contributed by atoms with van der Waals surface area (Å²) >= 11 is 0. The molecule has 1 N–H and O–H groups in total. The Kier molecular flexibility index (Phi) is 10.3. The van der Waals surface area contributed by atoms with Crippen molar-refractivity contribution in [1.29, 1.82) is 0 Å². The van der Waals surface area contributed by atoms with Gasteiger partial charge >= 0.3 is 5.97 Å². The third-order valence-corrected chi connectivity index (χ3v) is 6.92. The highest BCUT2D eigenvalue weighted by atomic mass is 19.1. The zero-order chi connectivity index (χ0) is 29.4. The average molecular weight is 556 g/mol. The number of benzene rings is 2. The monoisotopic (exact) mass is 555 g/mol. The zero-order valence-corrected chi connectivity index (χ0v) is 23.3. The smallest absolute Gasteiger partial charge is 0.309 e. The van der Waals surface area contributed by atoms with Crippen LogP contribution >= 0.6 is 0 Å². The van der Waals surface area contributed by atoms with Crippen LogP contribution < -0.4 is 4.74 Å². The third-order valence-electron chi connectivity index (χ3n) is 6.92. The van der Waals surface area contributed by atoms with Crippen molar-refractivity contribution < 1.29 is 37.7 Å². The first-order chi connectivity index (χ1) is 18.9. The van der Waals surface area contributed by atoms with Crippen LogP contribution in [0.1, 0.15) is 55.7 Å². The molecule has 7 nitrogen and oxygen atoms in total. The summed E-state index contributed by atoms with van der Waals surface area (Å²) in [5.41, 5.74) is 0.603. The van der Waals surface area contributed by atoms with Crippen LogP contribution in [0.15, 0.2) is 60.8 Å². The molecule has 9 heteroatoms. The number of aromatic nitrogens is 1. The molecule has 1 heterocycles. The minimum Gasteiger partial charge on any atom is -0.503 e. The van der Waals surface area contributed by atoms with Crippen molar-refractivity contribution in [2.24, 2.45) is 11.8 Å². The summed E-state index contributed by atoms with van der Waals surface area (Å²) in [5, 5.41) is 10.2. The van der Waals surface area contributed by atoms with E-state index in [2.05, 4.69) is 4.98 Å². The van der Waals surface area contributed by atoms with Crippen LogP contribution in [-0.2, 0) is 27.3 Å². The maximum atomic E-state index is 13.5. The van der Waals surface area contributed by atoms with Crippen molar-refractivity contribution in [3.8, 4) is 11.5 Å². The first-order valence-electron chi connectivity index (χ1n) is 13.0. The molecule has 0 saturated heterocycles. The minimum absolute atomic E-state index is 0.105. The fraction of sp³-hybridized carbons (Fsp3) is 0.387. The van der Waals surface area contributed by atoms with Gasteiger partial charge in [-0.3, -0.25) is 9.59 Å². The van der Waals surface area contributed by atoms with Crippen LogP contribution in [0.2, 0.25) is 0 Å². The van der Waals surface area contributed by atoms with Gasteiger partial charge in [-0.2, -0.15) is 0 Å². The maximum Gasteiger partial charge on any atom is 0.309 e. The van der Waals surface area contributed by atoms with Crippen molar-refractivity contribution >= 4 is 11.8 Å². The van der Waals surface area contributed by atoms with Crippen molar-refractivity contribution in [3.05, 3.63) is 89.2 Å². The van der Waals surface area contributed by atoms with Crippen LogP contribution in [0.3, 0.4) is 0 Å². The second kappa shape index (κ2) is 13.5. The second-order valence-corrected chi connectivity index (χ2v) is 10.3. The number of hydrogen-bond donors (Lipinski definition) is 1. The molecule has 0 bridgehead atoms. The zero-order valence-electron chi connectivity index (χ0n) is 23.3. The van der Waals surface area contributed by atoms with E-state index in [1.165, 1.54) is 43.6 Å². The molecule has 0 fully saturated rings. The van der Waals surface area contributed by atoms with Gasteiger partial charge in [0, 0.05) is 24.6 Å². The number of aromatic hydroxyl groups is 1. The predicted molar refractivity (Wildman–Crippen MR) is 145 cm³/mol. The normalized spacial score (nSPS) is 13.8. The third kappa shape index (κ3) is 8.08. The van der Waals surface area contributed by atoms with Gasteiger partial charge in [0.05, 0.1) is 25.2 Å². The van der Waals surface area contributed by atoms with Gasteiger partial charge in [-0.25, -0.2) is 13.8 Å². The molecule has 0 aliphatic heterocycles. The van der Waals surface area contributed by atoms with Crippen molar-refractivity contribution in [2.75, 3.05) is 7.11 Å². The van der Waals surface area contributed by atoms with Crippen molar-refractivity contribution in [3.63, 3.8) is 0 Å². The standard InChI is InChI=1S/C31H35F2NO6/c1-19(16-26(35)28-29(36)27(38-5)14-15-34-28)30(37)40-20(2)25(17-21-6-10-23(32)11-7-21)31(3,4)39-18-22-8-12-24(33)13-9-22/h6-15,19-20,25,36H,16-18H2,1-5H3/t19-,20+,25+/m1/s1. The van der Waals surface area contributed by atoms with Crippen LogP contribution in [0.4, 0.5) is 8.78 Å². The van der Waals surface area contributed by atoms with Crippen LogP contribution in [0.5, 0.6) is 11.5 Å². The van der Waals surface area contributed by atoms with Crippen LogP contribution in [0.25, 0.3) is 0 Å². The number of rotatable bonds is 13. The summed E-state index contributed by atoms with van der Waals surface area (Å²) in [6, 6.07) is 13.5. The van der Waals surface area contributed by atoms with Crippen LogP contribution in [0, 0.1) is 23.5 Å². The van der Waals surface area contributed by atoms with Gasteiger partial charge in [0.2, 0.25) is 0 Å². The number of hydrogen-bond acceptors (Lipinski definition) is 7. The number of methoxy groups -OCH3 is 1. The van der Waals surface area contributed by atoms with Gasteiger partial charge in [0.1, 0.15) is 17.7 Å². The lowest BCUT2D eigenvalue weighted by Crippen LogP contribution is -2.44. The van der Waals surface area contributed by atoms with Gasteiger partial charge in [0.15, 0.2) is 23.0 Å². The number of ether oxygens (including phenoxy) is 3. The molecule has 0 aliphatic rings. The number of carbonyl (C=O) groups excluding carboxylic acids is 2. The summed E-state index contributed by atoms with van der Waals surface area (Å²) < 4.78 is 44.0. The molecule has 40 heavy (non-hydrogen) atoms. The molecule has 0 amide bonds. The van der Waals surface area contributed by atoms with Gasteiger partial charge in [-0.15, -0.1) is 0 Å². The molecular formula is C31H35F2NO6. The Hall–Kier alpha value is -3.85. The van der Waals surface area contributed by atoms with E-state index in [4.69, 9.17) is 14.2 Å². The van der Waals surface area contributed by atoms with Gasteiger partial charge in [-0.05, 0) is 62.6 Å². The second-order valence-electron chi connectivity index (χ2n) is 10.3. The average Bonchev–Trinajstić information content (AvgIpc) is 2.92. The number of nitrogens with zero attached hydrogens (tertiary/aromatic N) is 1. The summed E-state index contributed by atoms with van der Waals surface area (Å²) in [6.45, 7) is 7.27. The van der Waals surface area contributed by atoms with Gasteiger partial charge < -0.3 is 19.3 Å². The van der Waals surface area contributed by atoms with E-state index in [9.17, 15) is 23.5 Å². The predicted octanol–water partition coefficient (Wildman–Crippen LogP) is 6.07. The number of pyridine rings is 1. The summed E-state index contributed by atoms with van der Waals surface area (Å²) in [4.78, 5) is 29.8. The maximum absolute atomic E-state index is 13.5. The molecule has 3 aromatic rings. The number of Topliss-reactive ketones (excluding diaryl/α,β-unsaturated/α-hetero) is 1. The molecule has 0 unspecified atom stereocenters. The Balaban J connectivity index is 1.73. The van der Waals surface area contributed by atoms with Crippen LogP contribution in [-0.4, -0.2) is 40.7 Å². The lowest BCUT2D eigenvalue weighted by atomic mass is 9.81. The Morgan fingerprint density at radius 1 is 0.950 bits per heavy atom. The van der Waals surface area contributed by atoms with E-state index >= 15 is 0 Å². The van der Waals surface area contributed by atoms with E-state index in [0.717, 1.165) is 11.1 Å². The quantitative estimate of drug-likeness (QED) is 0.202. The lowest BCUT2D eigenvalue weighted by Gasteiger charge is -2.38. The van der Waals surface area contributed by atoms with Gasteiger partial charge in [0.25, 0.3) is 0 Å².